The molecule has 1 aliphatic rings. The standard InChI is InChI=1S/C24H26N8O2/c1-26-23(33)21-22(27-18-7-5-4-6-15(18)8-10-25)29-24(31-30-21)28-19-12-17-14-32(2)11-9-16(17)13-20(19)34-3/h4-7,12-13H,8-9,11,14H2,1-3H3,(H,26,33)(H2,27,28,29,31)/i1D3. The quantitative estimate of drug-likeness (QED) is 0.486. The summed E-state index contributed by atoms with van der Waals surface area (Å²) in [7, 11) is 3.63. The summed E-state index contributed by atoms with van der Waals surface area (Å²) in [6, 6.07) is 13.1. The number of hydrogen-bond acceptors (Lipinski definition) is 9. The summed E-state index contributed by atoms with van der Waals surface area (Å²) in [6.45, 7) is -0.989. The molecular formula is C24H26N8O2. The predicted octanol–water partition coefficient (Wildman–Crippen LogP) is 2.78. The zero-order valence-corrected chi connectivity index (χ0v) is 18.8. The van der Waals surface area contributed by atoms with Crippen LogP contribution in [0.4, 0.5) is 23.1 Å². The highest BCUT2D eigenvalue weighted by molar-refractivity contribution is 5.97. The van der Waals surface area contributed by atoms with Gasteiger partial charge >= 0.3 is 0 Å². The number of nitrogens with one attached hydrogen (secondary N) is 3. The Labute approximate surface area is 202 Å². The van der Waals surface area contributed by atoms with Crippen LogP contribution in [-0.2, 0) is 19.4 Å². The summed E-state index contributed by atoms with van der Waals surface area (Å²) in [5.74, 6) is -0.333. The molecule has 10 heteroatoms. The Morgan fingerprint density at radius 2 is 2.09 bits per heavy atom. The Bertz CT molecular complexity index is 1360. The summed E-state index contributed by atoms with van der Waals surface area (Å²) in [5, 5.41) is 25.2. The zero-order valence-electron chi connectivity index (χ0n) is 21.8. The Balaban J connectivity index is 1.72. The number of aromatic nitrogens is 3. The number of nitrogens with zero attached hydrogens (tertiary/aromatic N) is 5. The molecule has 4 rings (SSSR count). The smallest absolute Gasteiger partial charge is 0.275 e. The number of carbonyl (C=O) groups excluding carboxylic acids is 1. The van der Waals surface area contributed by atoms with E-state index in [-0.39, 0.29) is 23.9 Å². The Hall–Kier alpha value is -4.23. The molecule has 0 bridgehead atoms. The first-order chi connectivity index (χ1) is 17.7. The molecule has 3 aromatic rings. The van der Waals surface area contributed by atoms with Crippen molar-refractivity contribution in [1.82, 2.24) is 25.4 Å². The molecule has 0 spiro atoms. The molecule has 1 aliphatic heterocycles. The number of anilines is 4. The van der Waals surface area contributed by atoms with Crippen LogP contribution in [-0.4, -0.2) is 53.7 Å². The first-order valence-corrected chi connectivity index (χ1v) is 10.6. The molecule has 0 atom stereocenters. The molecule has 0 unspecified atom stereocenters. The second kappa shape index (κ2) is 10.1. The molecule has 1 aromatic heterocycles. The van der Waals surface area contributed by atoms with Crippen LogP contribution in [0.2, 0.25) is 0 Å². The fourth-order valence-electron chi connectivity index (χ4n) is 3.80. The normalized spacial score (nSPS) is 14.6. The van der Waals surface area contributed by atoms with Crippen molar-refractivity contribution < 1.29 is 13.6 Å². The molecule has 174 valence electrons. The van der Waals surface area contributed by atoms with E-state index in [0.29, 0.717) is 22.7 Å². The van der Waals surface area contributed by atoms with Gasteiger partial charge in [0.2, 0.25) is 5.95 Å². The summed E-state index contributed by atoms with van der Waals surface area (Å²) in [4.78, 5) is 19.3. The van der Waals surface area contributed by atoms with Crippen LogP contribution in [0.25, 0.3) is 0 Å². The maximum Gasteiger partial charge on any atom is 0.275 e. The number of nitriles is 1. The Morgan fingerprint density at radius 1 is 1.24 bits per heavy atom. The van der Waals surface area contributed by atoms with Crippen LogP contribution in [0.5, 0.6) is 5.75 Å². The second-order valence-electron chi connectivity index (χ2n) is 7.84. The van der Waals surface area contributed by atoms with Gasteiger partial charge in [-0.2, -0.15) is 10.2 Å². The fourth-order valence-corrected chi connectivity index (χ4v) is 3.80. The molecule has 2 aromatic carbocycles. The van der Waals surface area contributed by atoms with Crippen molar-refractivity contribution in [2.75, 3.05) is 38.3 Å². The molecule has 0 fully saturated rings. The Kier molecular flexibility index (Phi) is 5.75. The van der Waals surface area contributed by atoms with Crippen molar-refractivity contribution >= 4 is 29.0 Å². The summed E-state index contributed by atoms with van der Waals surface area (Å²) < 4.78 is 27.7. The molecule has 10 nitrogen and oxygen atoms in total. The topological polar surface area (TPSA) is 128 Å². The molecule has 0 saturated carbocycles. The van der Waals surface area contributed by atoms with E-state index < -0.39 is 12.9 Å². The van der Waals surface area contributed by atoms with Gasteiger partial charge in [0.15, 0.2) is 11.5 Å². The van der Waals surface area contributed by atoms with Gasteiger partial charge in [0, 0.05) is 29.9 Å². The minimum atomic E-state index is -2.73. The van der Waals surface area contributed by atoms with Gasteiger partial charge in [-0.05, 0) is 48.4 Å². The highest BCUT2D eigenvalue weighted by Crippen LogP contribution is 2.33. The van der Waals surface area contributed by atoms with Gasteiger partial charge in [-0.1, -0.05) is 18.2 Å². The number of hydrogen-bond donors (Lipinski definition) is 3. The van der Waals surface area contributed by atoms with Gasteiger partial charge in [-0.15, -0.1) is 10.2 Å². The largest absolute Gasteiger partial charge is 0.495 e. The number of likely N-dealkylation sites (N-methyl/N-ethyl adjacent to an activating group) is 1. The number of para-hydroxylation sites is 1. The van der Waals surface area contributed by atoms with Gasteiger partial charge < -0.3 is 25.6 Å². The number of benzene rings is 2. The van der Waals surface area contributed by atoms with E-state index in [0.717, 1.165) is 25.1 Å². The van der Waals surface area contributed by atoms with Crippen molar-refractivity contribution in [3.8, 4) is 11.8 Å². The molecule has 0 radical (unpaired) electrons. The van der Waals surface area contributed by atoms with Crippen LogP contribution in [0.3, 0.4) is 0 Å². The number of fused-ring (bicyclic) bond motifs is 1. The van der Waals surface area contributed by atoms with Crippen molar-refractivity contribution in [2.45, 2.75) is 19.4 Å². The highest BCUT2D eigenvalue weighted by atomic mass is 16.5. The number of ether oxygens (including phenoxy) is 1. The molecule has 3 N–H and O–H groups in total. The summed E-state index contributed by atoms with van der Waals surface area (Å²) in [5.41, 5.74) is 3.84. The van der Waals surface area contributed by atoms with Crippen LogP contribution < -0.4 is 20.7 Å². The van der Waals surface area contributed by atoms with Gasteiger partial charge in [0.1, 0.15) is 5.75 Å². The van der Waals surface area contributed by atoms with E-state index in [1.165, 1.54) is 5.56 Å². The van der Waals surface area contributed by atoms with Crippen molar-refractivity contribution in [3.05, 3.63) is 58.8 Å². The lowest BCUT2D eigenvalue weighted by Crippen LogP contribution is -2.26. The van der Waals surface area contributed by atoms with Crippen LogP contribution in [0.15, 0.2) is 36.4 Å². The summed E-state index contributed by atoms with van der Waals surface area (Å²) in [6.07, 6.45) is 1.02. The zero-order chi connectivity index (χ0) is 26.6. The summed E-state index contributed by atoms with van der Waals surface area (Å²) >= 11 is 0. The first kappa shape index (κ1) is 19.3. The monoisotopic (exact) mass is 461 g/mol. The number of methoxy groups -OCH3 is 1. The predicted molar refractivity (Wildman–Crippen MR) is 129 cm³/mol. The molecular weight excluding hydrogens is 432 g/mol. The van der Waals surface area contributed by atoms with Crippen molar-refractivity contribution in [2.24, 2.45) is 0 Å². The third-order valence-electron chi connectivity index (χ3n) is 5.53. The number of rotatable bonds is 7. The van der Waals surface area contributed by atoms with Crippen LogP contribution in [0, 0.1) is 11.3 Å². The minimum Gasteiger partial charge on any atom is -0.495 e. The lowest BCUT2D eigenvalue weighted by Gasteiger charge is -2.26. The van der Waals surface area contributed by atoms with Gasteiger partial charge in [-0.25, -0.2) is 0 Å². The molecule has 0 saturated heterocycles. The van der Waals surface area contributed by atoms with Crippen LogP contribution in [0.1, 0.15) is 31.3 Å². The lowest BCUT2D eigenvalue weighted by atomic mass is 9.99. The van der Waals surface area contributed by atoms with Gasteiger partial charge in [0.25, 0.3) is 5.91 Å². The molecule has 34 heavy (non-hydrogen) atoms. The van der Waals surface area contributed by atoms with Crippen LogP contribution >= 0.6 is 0 Å². The van der Waals surface area contributed by atoms with E-state index in [1.807, 2.05) is 17.4 Å². The molecule has 0 aliphatic carbocycles. The number of carbonyl (C=O) groups is 1. The lowest BCUT2D eigenvalue weighted by molar-refractivity contribution is 0.0957. The third-order valence-corrected chi connectivity index (χ3v) is 5.53. The molecule has 1 amide bonds. The third kappa shape index (κ3) is 4.89. The minimum absolute atomic E-state index is 0.0266. The number of amides is 1. The maximum absolute atomic E-state index is 12.7. The van der Waals surface area contributed by atoms with E-state index >= 15 is 0 Å². The van der Waals surface area contributed by atoms with Gasteiger partial charge in [0.05, 0.1) is 25.3 Å². The average Bonchev–Trinajstić information content (AvgIpc) is 2.84. The molecule has 2 heterocycles. The van der Waals surface area contributed by atoms with Crippen molar-refractivity contribution in [1.29, 1.82) is 5.26 Å². The van der Waals surface area contributed by atoms with Crippen molar-refractivity contribution in [3.63, 3.8) is 0 Å². The maximum atomic E-state index is 12.7. The highest BCUT2D eigenvalue weighted by Gasteiger charge is 2.20. The fraction of sp³-hybridized carbons (Fsp3) is 0.292. The van der Waals surface area contributed by atoms with E-state index in [1.54, 1.807) is 31.4 Å². The van der Waals surface area contributed by atoms with E-state index in [9.17, 15) is 10.1 Å². The van der Waals surface area contributed by atoms with Gasteiger partial charge in [-0.3, -0.25) is 4.79 Å². The van der Waals surface area contributed by atoms with E-state index in [4.69, 9.17) is 8.85 Å². The SMILES string of the molecule is [2H]C([2H])([2H])NC(=O)c1nnc(Nc2cc3c(cc2OC)CCN(C)C3)nc1Nc1ccccc1CC#N. The average molecular weight is 462 g/mol. The Morgan fingerprint density at radius 3 is 2.88 bits per heavy atom. The van der Waals surface area contributed by atoms with E-state index in [2.05, 4.69) is 43.8 Å². The second-order valence-corrected chi connectivity index (χ2v) is 7.84. The first-order valence-electron chi connectivity index (χ1n) is 12.1.